The highest BCUT2D eigenvalue weighted by Crippen LogP contribution is 2.40. The van der Waals surface area contributed by atoms with Crippen LogP contribution < -0.4 is 0 Å². The lowest BCUT2D eigenvalue weighted by molar-refractivity contribution is 0.0124. The molecule has 11 heteroatoms. The second-order valence-corrected chi connectivity index (χ2v) is 13.7. The van der Waals surface area contributed by atoms with Crippen LogP contribution in [0.1, 0.15) is 32.1 Å². The van der Waals surface area contributed by atoms with Crippen molar-refractivity contribution < 1.29 is 9.53 Å². The van der Waals surface area contributed by atoms with E-state index < -0.39 is 5.60 Å². The number of H-pyrrole nitrogens is 1. The molecule has 0 saturated carbocycles. The summed E-state index contributed by atoms with van der Waals surface area (Å²) in [7, 11) is 0. The molecule has 222 valence electrons. The van der Waals surface area contributed by atoms with Gasteiger partial charge in [-0.05, 0) is 69.2 Å². The van der Waals surface area contributed by atoms with Gasteiger partial charge in [-0.25, -0.2) is 14.3 Å². The number of fused-ring (bicyclic) bond motifs is 4. The summed E-state index contributed by atoms with van der Waals surface area (Å²) in [4.78, 5) is 28.6. The average Bonchev–Trinajstić information content (AvgIpc) is 3.84. The molecule has 2 bridgehead atoms. The maximum absolute atomic E-state index is 12.7. The quantitative estimate of drug-likeness (QED) is 0.248. The Morgan fingerprint density at radius 1 is 1.05 bits per heavy atom. The van der Waals surface area contributed by atoms with E-state index >= 15 is 0 Å². The fourth-order valence-corrected chi connectivity index (χ4v) is 7.61. The molecule has 2 atom stereocenters. The molecule has 2 fully saturated rings. The molecule has 1 aromatic carbocycles. The summed E-state index contributed by atoms with van der Waals surface area (Å²) < 4.78 is 7.62. The standard InChI is InChI=1S/C33H32N8O2S/c1-33(2,3)43-32(42)40-18-21-15-22(40)17-39(21)19-23-7-8-28(44-23)27-11-14-35-31-29(24-5-4-6-26-25(24)16-36-37-26)30(38-41(27)31)20-9-12-34-13-10-20/h4-14,16,21-22H,15,17-19H2,1-3H3,(H,36,37)/t21-,22-/m0/s1. The first-order valence-electron chi connectivity index (χ1n) is 14.9. The smallest absolute Gasteiger partial charge is 0.410 e. The molecule has 2 aliphatic heterocycles. The molecule has 5 aromatic heterocycles. The SMILES string of the molecule is CC(C)(C)OC(=O)N1C[C@@H]2C[C@H]1CN2Cc1ccc(-c2ccnc3c(-c4cccc5[nH]ncc45)c(-c4ccncc4)nn23)s1. The second kappa shape index (κ2) is 10.2. The second-order valence-electron chi connectivity index (χ2n) is 12.5. The number of nitrogens with zero attached hydrogens (tertiary/aromatic N) is 7. The van der Waals surface area contributed by atoms with E-state index in [9.17, 15) is 4.79 Å². The van der Waals surface area contributed by atoms with Crippen LogP contribution in [0.4, 0.5) is 4.79 Å². The Hall–Kier alpha value is -4.61. The van der Waals surface area contributed by atoms with E-state index in [1.165, 1.54) is 4.88 Å². The normalized spacial score (nSPS) is 18.6. The van der Waals surface area contributed by atoms with Gasteiger partial charge in [0, 0.05) is 66.1 Å². The fourth-order valence-electron chi connectivity index (χ4n) is 6.57. The van der Waals surface area contributed by atoms with Crippen LogP contribution in [-0.4, -0.2) is 76.4 Å². The van der Waals surface area contributed by atoms with E-state index in [1.54, 1.807) is 23.7 Å². The van der Waals surface area contributed by atoms with Gasteiger partial charge in [0.05, 0.1) is 27.8 Å². The third-order valence-corrected chi connectivity index (χ3v) is 9.57. The number of thiophene rings is 1. The number of hydrogen-bond donors (Lipinski definition) is 1. The molecule has 2 aliphatic rings. The first kappa shape index (κ1) is 27.0. The van der Waals surface area contributed by atoms with E-state index in [0.29, 0.717) is 6.04 Å². The molecule has 0 spiro atoms. The highest BCUT2D eigenvalue weighted by atomic mass is 32.1. The van der Waals surface area contributed by atoms with Crippen LogP contribution >= 0.6 is 11.3 Å². The minimum absolute atomic E-state index is 0.196. The first-order valence-corrected chi connectivity index (χ1v) is 15.7. The molecular weight excluding hydrogens is 572 g/mol. The number of aromatic amines is 1. The maximum Gasteiger partial charge on any atom is 0.410 e. The number of ether oxygens (including phenoxy) is 1. The van der Waals surface area contributed by atoms with Gasteiger partial charge in [0.25, 0.3) is 0 Å². The van der Waals surface area contributed by atoms with Crippen molar-refractivity contribution in [2.45, 2.75) is 51.4 Å². The van der Waals surface area contributed by atoms with E-state index in [0.717, 1.165) is 75.6 Å². The largest absolute Gasteiger partial charge is 0.444 e. The third kappa shape index (κ3) is 4.63. The average molecular weight is 605 g/mol. The van der Waals surface area contributed by atoms with Gasteiger partial charge in [0.2, 0.25) is 0 Å². The minimum atomic E-state index is -0.481. The highest BCUT2D eigenvalue weighted by Gasteiger charge is 2.46. The van der Waals surface area contributed by atoms with Gasteiger partial charge in [-0.1, -0.05) is 12.1 Å². The highest BCUT2D eigenvalue weighted by molar-refractivity contribution is 7.15. The van der Waals surface area contributed by atoms with Crippen molar-refractivity contribution in [3.8, 4) is 33.0 Å². The molecule has 1 N–H and O–H groups in total. The Labute approximate surface area is 258 Å². The number of carbonyl (C=O) groups is 1. The third-order valence-electron chi connectivity index (χ3n) is 8.48. The van der Waals surface area contributed by atoms with Gasteiger partial charge in [-0.15, -0.1) is 11.3 Å². The number of benzene rings is 1. The zero-order chi connectivity index (χ0) is 30.0. The Morgan fingerprint density at radius 3 is 2.70 bits per heavy atom. The Kier molecular flexibility index (Phi) is 6.28. The van der Waals surface area contributed by atoms with Gasteiger partial charge in [0.15, 0.2) is 5.65 Å². The number of carbonyl (C=O) groups excluding carboxylic acids is 1. The number of aromatic nitrogens is 6. The molecule has 2 saturated heterocycles. The number of likely N-dealkylation sites (tertiary alicyclic amines) is 2. The van der Waals surface area contributed by atoms with Crippen molar-refractivity contribution in [1.29, 1.82) is 0 Å². The van der Waals surface area contributed by atoms with E-state index in [-0.39, 0.29) is 12.1 Å². The van der Waals surface area contributed by atoms with Crippen LogP contribution in [0.2, 0.25) is 0 Å². The van der Waals surface area contributed by atoms with Crippen molar-refractivity contribution in [2.24, 2.45) is 0 Å². The van der Waals surface area contributed by atoms with Gasteiger partial charge >= 0.3 is 6.09 Å². The van der Waals surface area contributed by atoms with Crippen molar-refractivity contribution in [3.05, 3.63) is 78.2 Å². The van der Waals surface area contributed by atoms with Crippen LogP contribution in [-0.2, 0) is 11.3 Å². The number of nitrogens with one attached hydrogen (secondary N) is 1. The summed E-state index contributed by atoms with van der Waals surface area (Å²) in [6.45, 7) is 8.20. The van der Waals surface area contributed by atoms with Crippen molar-refractivity contribution >= 4 is 34.0 Å². The van der Waals surface area contributed by atoms with Crippen molar-refractivity contribution in [1.82, 2.24) is 39.6 Å². The van der Waals surface area contributed by atoms with Crippen LogP contribution in [0.25, 0.3) is 49.5 Å². The lowest BCUT2D eigenvalue weighted by Crippen LogP contribution is -2.49. The molecule has 1 amide bonds. The van der Waals surface area contributed by atoms with Crippen molar-refractivity contribution in [3.63, 3.8) is 0 Å². The lowest BCUT2D eigenvalue weighted by atomic mass is 9.99. The summed E-state index contributed by atoms with van der Waals surface area (Å²) in [6, 6.07) is 17.1. The van der Waals surface area contributed by atoms with Crippen molar-refractivity contribution in [2.75, 3.05) is 13.1 Å². The summed E-state index contributed by atoms with van der Waals surface area (Å²) >= 11 is 1.78. The van der Waals surface area contributed by atoms with Crippen LogP contribution in [0.5, 0.6) is 0 Å². The summed E-state index contributed by atoms with van der Waals surface area (Å²) in [5, 5.41) is 13.6. The van der Waals surface area contributed by atoms with E-state index in [2.05, 4.69) is 38.3 Å². The Morgan fingerprint density at radius 2 is 1.91 bits per heavy atom. The minimum Gasteiger partial charge on any atom is -0.444 e. The van der Waals surface area contributed by atoms with E-state index in [1.807, 2.05) is 72.9 Å². The zero-order valence-corrected chi connectivity index (χ0v) is 25.6. The number of rotatable bonds is 5. The summed E-state index contributed by atoms with van der Waals surface area (Å²) in [6.07, 6.45) is 8.11. The summed E-state index contributed by atoms with van der Waals surface area (Å²) in [5.74, 6) is 0. The molecule has 6 aromatic rings. The molecule has 0 unspecified atom stereocenters. The Bertz CT molecular complexity index is 2010. The summed E-state index contributed by atoms with van der Waals surface area (Å²) in [5.41, 5.74) is 6.08. The van der Waals surface area contributed by atoms with Gasteiger partial charge in [-0.3, -0.25) is 15.0 Å². The molecule has 0 radical (unpaired) electrons. The van der Waals surface area contributed by atoms with Crippen LogP contribution in [0.3, 0.4) is 0 Å². The molecule has 44 heavy (non-hydrogen) atoms. The first-order chi connectivity index (χ1) is 21.3. The number of hydrogen-bond acceptors (Lipinski definition) is 8. The topological polar surface area (TPSA) is 105 Å². The predicted molar refractivity (Wildman–Crippen MR) is 170 cm³/mol. The van der Waals surface area contributed by atoms with E-state index in [4.69, 9.17) is 14.8 Å². The molecule has 7 heterocycles. The van der Waals surface area contributed by atoms with Gasteiger partial charge in [-0.2, -0.15) is 10.2 Å². The van der Waals surface area contributed by atoms with Crippen LogP contribution in [0, 0.1) is 0 Å². The Balaban J connectivity index is 1.11. The van der Waals surface area contributed by atoms with Gasteiger partial charge in [0.1, 0.15) is 11.3 Å². The molecule has 10 nitrogen and oxygen atoms in total. The monoisotopic (exact) mass is 604 g/mol. The predicted octanol–water partition coefficient (Wildman–Crippen LogP) is 6.26. The number of amides is 1. The number of piperazine rings is 1. The van der Waals surface area contributed by atoms with Gasteiger partial charge < -0.3 is 9.64 Å². The number of pyridine rings is 1. The molecule has 8 rings (SSSR count). The maximum atomic E-state index is 12.7. The molecule has 0 aliphatic carbocycles. The molecular formula is C33H32N8O2S. The fraction of sp³-hybridized carbons (Fsp3) is 0.303. The van der Waals surface area contributed by atoms with Crippen LogP contribution in [0.15, 0.2) is 73.3 Å². The zero-order valence-electron chi connectivity index (χ0n) is 24.8. The lowest BCUT2D eigenvalue weighted by Gasteiger charge is -2.35.